The molecule has 234 valence electrons. The monoisotopic (exact) mass is 698 g/mol. The molecule has 2 aliphatic carbocycles. The number of amides is 2. The third-order valence-corrected chi connectivity index (χ3v) is 9.05. The third-order valence-electron chi connectivity index (χ3n) is 8.25. The number of nitrogens with zero attached hydrogens (tertiary/aromatic N) is 1. The summed E-state index contributed by atoms with van der Waals surface area (Å²) in [4.78, 5) is 40.2. The van der Waals surface area contributed by atoms with Crippen molar-refractivity contribution in [2.75, 3.05) is 26.8 Å². The van der Waals surface area contributed by atoms with Gasteiger partial charge in [0, 0.05) is 37.1 Å². The molecule has 42 heavy (non-hydrogen) atoms. The van der Waals surface area contributed by atoms with Crippen molar-refractivity contribution in [3.05, 3.63) is 32.9 Å². The molecule has 0 bridgehead atoms. The van der Waals surface area contributed by atoms with E-state index in [2.05, 4.69) is 34.8 Å². The van der Waals surface area contributed by atoms with Gasteiger partial charge in [0.15, 0.2) is 11.5 Å². The number of aliphatic hydroxyl groups excluding tert-OH is 2. The SMILES string of the molecule is CCCCCCCC(=O)N(CC1CCCCC1)[C@@H]1CC(C(=O)NCCO)=C[C@H](Oc2c(I)cc(C=O)cc2OC)[C@H]1O. The minimum Gasteiger partial charge on any atom is -0.493 e. The fourth-order valence-corrected chi connectivity index (χ4v) is 6.68. The molecule has 0 spiro atoms. The predicted octanol–water partition coefficient (Wildman–Crippen LogP) is 4.80. The molecule has 0 saturated heterocycles. The Hall–Kier alpha value is -2.18. The summed E-state index contributed by atoms with van der Waals surface area (Å²) in [5.74, 6) is 0.668. The highest BCUT2D eigenvalue weighted by Crippen LogP contribution is 2.37. The fourth-order valence-electron chi connectivity index (χ4n) is 5.93. The van der Waals surface area contributed by atoms with Gasteiger partial charge in [0.25, 0.3) is 0 Å². The molecule has 0 aliphatic heterocycles. The molecule has 1 fully saturated rings. The van der Waals surface area contributed by atoms with Gasteiger partial charge < -0.3 is 29.9 Å². The topological polar surface area (TPSA) is 125 Å². The van der Waals surface area contributed by atoms with Crippen LogP contribution in [0.25, 0.3) is 0 Å². The van der Waals surface area contributed by atoms with Crippen LogP contribution in [0.1, 0.15) is 94.3 Å². The Morgan fingerprint density at radius 1 is 1.14 bits per heavy atom. The van der Waals surface area contributed by atoms with Crippen LogP contribution in [0, 0.1) is 9.49 Å². The van der Waals surface area contributed by atoms with E-state index >= 15 is 0 Å². The van der Waals surface area contributed by atoms with Gasteiger partial charge >= 0.3 is 0 Å². The van der Waals surface area contributed by atoms with Gasteiger partial charge in [0.1, 0.15) is 18.5 Å². The summed E-state index contributed by atoms with van der Waals surface area (Å²) >= 11 is 2.05. The van der Waals surface area contributed by atoms with Crippen molar-refractivity contribution in [3.8, 4) is 11.5 Å². The van der Waals surface area contributed by atoms with E-state index in [0.29, 0.717) is 45.1 Å². The van der Waals surface area contributed by atoms with Gasteiger partial charge in [-0.1, -0.05) is 51.9 Å². The quantitative estimate of drug-likeness (QED) is 0.129. The first-order valence-electron chi connectivity index (χ1n) is 15.4. The van der Waals surface area contributed by atoms with Gasteiger partial charge in [-0.15, -0.1) is 0 Å². The van der Waals surface area contributed by atoms with Crippen molar-refractivity contribution in [1.82, 2.24) is 10.2 Å². The second kappa shape index (κ2) is 17.8. The Kier molecular flexibility index (Phi) is 14.6. The molecule has 0 radical (unpaired) electrons. The van der Waals surface area contributed by atoms with Crippen LogP contribution in [0.4, 0.5) is 0 Å². The molecule has 0 heterocycles. The van der Waals surface area contributed by atoms with Crippen LogP contribution in [0.2, 0.25) is 0 Å². The Labute approximate surface area is 263 Å². The second-order valence-electron chi connectivity index (χ2n) is 11.4. The number of benzene rings is 1. The maximum atomic E-state index is 13.8. The normalized spacial score (nSPS) is 20.9. The average Bonchev–Trinajstić information content (AvgIpc) is 3.00. The lowest BCUT2D eigenvalue weighted by Gasteiger charge is -2.42. The first kappa shape index (κ1) is 34.3. The smallest absolute Gasteiger partial charge is 0.247 e. The first-order chi connectivity index (χ1) is 20.3. The number of hydrogen-bond acceptors (Lipinski definition) is 7. The summed E-state index contributed by atoms with van der Waals surface area (Å²) in [7, 11) is 1.47. The van der Waals surface area contributed by atoms with Gasteiger partial charge in [-0.3, -0.25) is 14.4 Å². The number of nitrogens with one attached hydrogen (secondary N) is 1. The highest BCUT2D eigenvalue weighted by molar-refractivity contribution is 14.1. The van der Waals surface area contributed by atoms with Gasteiger partial charge in [-0.05, 0) is 66.0 Å². The second-order valence-corrected chi connectivity index (χ2v) is 12.5. The molecule has 0 unspecified atom stereocenters. The zero-order chi connectivity index (χ0) is 30.5. The number of aldehydes is 1. The maximum absolute atomic E-state index is 13.8. The average molecular weight is 699 g/mol. The van der Waals surface area contributed by atoms with Crippen molar-refractivity contribution in [2.24, 2.45) is 5.92 Å². The third kappa shape index (κ3) is 9.67. The zero-order valence-electron chi connectivity index (χ0n) is 25.0. The number of halogens is 1. The number of methoxy groups -OCH3 is 1. The summed E-state index contributed by atoms with van der Waals surface area (Å²) < 4.78 is 12.4. The molecule has 10 heteroatoms. The lowest BCUT2D eigenvalue weighted by atomic mass is 9.85. The van der Waals surface area contributed by atoms with Crippen molar-refractivity contribution in [2.45, 2.75) is 102 Å². The fraction of sp³-hybridized carbons (Fsp3) is 0.656. The predicted molar refractivity (Wildman–Crippen MR) is 170 cm³/mol. The van der Waals surface area contributed by atoms with E-state index in [1.165, 1.54) is 13.5 Å². The Morgan fingerprint density at radius 2 is 1.88 bits per heavy atom. The van der Waals surface area contributed by atoms with E-state index in [1.807, 2.05) is 4.90 Å². The summed E-state index contributed by atoms with van der Waals surface area (Å²) in [6.45, 7) is 2.60. The number of aliphatic hydroxyl groups is 2. The standard InChI is InChI=1S/C32H47IN2O7/c1-3-4-5-6-10-13-29(38)35(20-22-11-8-7-9-12-22)26-18-24(32(40)34-14-15-36)19-27(30(26)39)42-31-25(33)16-23(21-37)17-28(31)41-2/h16-17,19,21-22,26-27,30,36,39H,3-15,18,20H2,1-2H3,(H,34,40)/t26-,27+,30+/m1/s1. The van der Waals surface area contributed by atoms with Crippen LogP contribution in [0.3, 0.4) is 0 Å². The summed E-state index contributed by atoms with van der Waals surface area (Å²) in [6.07, 6.45) is 11.6. The van der Waals surface area contributed by atoms with Crippen LogP contribution in [-0.2, 0) is 9.59 Å². The van der Waals surface area contributed by atoms with Crippen LogP contribution < -0.4 is 14.8 Å². The molecule has 1 aromatic carbocycles. The summed E-state index contributed by atoms with van der Waals surface area (Å²) in [5.41, 5.74) is 0.820. The highest BCUT2D eigenvalue weighted by atomic mass is 127. The van der Waals surface area contributed by atoms with Crippen molar-refractivity contribution < 1.29 is 34.1 Å². The Bertz CT molecular complexity index is 1070. The molecular formula is C32H47IN2O7. The van der Waals surface area contributed by atoms with Gasteiger partial charge in [-0.2, -0.15) is 0 Å². The minimum absolute atomic E-state index is 0.000569. The van der Waals surface area contributed by atoms with E-state index in [0.717, 1.165) is 64.1 Å². The molecule has 1 aromatic rings. The zero-order valence-corrected chi connectivity index (χ0v) is 27.1. The molecule has 3 N–H and O–H groups in total. The molecule has 1 saturated carbocycles. The largest absolute Gasteiger partial charge is 0.493 e. The lowest BCUT2D eigenvalue weighted by Crippen LogP contribution is -2.56. The number of ether oxygens (including phenoxy) is 2. The minimum atomic E-state index is -1.10. The molecule has 3 rings (SSSR count). The van der Waals surface area contributed by atoms with E-state index in [-0.39, 0.29) is 31.4 Å². The molecule has 2 amide bonds. The highest BCUT2D eigenvalue weighted by Gasteiger charge is 2.41. The number of carbonyl (C=O) groups is 3. The van der Waals surface area contributed by atoms with Gasteiger partial charge in [0.2, 0.25) is 11.8 Å². The van der Waals surface area contributed by atoms with Crippen LogP contribution in [0.5, 0.6) is 11.5 Å². The van der Waals surface area contributed by atoms with Gasteiger partial charge in [-0.25, -0.2) is 0 Å². The number of hydrogen-bond donors (Lipinski definition) is 3. The van der Waals surface area contributed by atoms with Crippen molar-refractivity contribution in [3.63, 3.8) is 0 Å². The number of unbranched alkanes of at least 4 members (excludes halogenated alkanes) is 4. The molecule has 9 nitrogen and oxygen atoms in total. The van der Waals surface area contributed by atoms with E-state index < -0.39 is 18.2 Å². The molecular weight excluding hydrogens is 651 g/mol. The molecule has 2 aliphatic rings. The summed E-state index contributed by atoms with van der Waals surface area (Å²) in [6, 6.07) is 2.57. The van der Waals surface area contributed by atoms with Crippen LogP contribution in [-0.4, -0.2) is 78.3 Å². The van der Waals surface area contributed by atoms with Crippen LogP contribution in [0.15, 0.2) is 23.8 Å². The van der Waals surface area contributed by atoms with Crippen molar-refractivity contribution in [1.29, 1.82) is 0 Å². The maximum Gasteiger partial charge on any atom is 0.247 e. The summed E-state index contributed by atoms with van der Waals surface area (Å²) in [5, 5.41) is 23.8. The lowest BCUT2D eigenvalue weighted by molar-refractivity contribution is -0.140. The van der Waals surface area contributed by atoms with E-state index in [1.54, 1.807) is 18.2 Å². The molecule has 3 atom stereocenters. The van der Waals surface area contributed by atoms with Gasteiger partial charge in [0.05, 0.1) is 23.3 Å². The van der Waals surface area contributed by atoms with Crippen LogP contribution >= 0.6 is 22.6 Å². The Morgan fingerprint density at radius 3 is 2.55 bits per heavy atom. The molecule has 0 aromatic heterocycles. The van der Waals surface area contributed by atoms with E-state index in [4.69, 9.17) is 9.47 Å². The number of carbonyl (C=O) groups excluding carboxylic acids is 3. The Balaban J connectivity index is 1.94. The van der Waals surface area contributed by atoms with E-state index in [9.17, 15) is 24.6 Å². The van der Waals surface area contributed by atoms with Crippen molar-refractivity contribution >= 4 is 40.7 Å². The first-order valence-corrected chi connectivity index (χ1v) is 16.5. The number of rotatable bonds is 16.